The van der Waals surface area contributed by atoms with Crippen molar-refractivity contribution in [1.29, 1.82) is 0 Å². The van der Waals surface area contributed by atoms with Crippen molar-refractivity contribution in [3.05, 3.63) is 12.2 Å². The summed E-state index contributed by atoms with van der Waals surface area (Å²) in [4.78, 5) is 30.5. The first kappa shape index (κ1) is 29.3. The number of hydrogen-bond acceptors (Lipinski definition) is 4. The summed E-state index contributed by atoms with van der Waals surface area (Å²) in [6, 6.07) is 0. The Morgan fingerprint density at radius 1 is 0.828 bits per heavy atom. The molecule has 0 aliphatic rings. The summed E-state index contributed by atoms with van der Waals surface area (Å²) in [6.07, 6.45) is 21.9. The second kappa shape index (κ2) is 24.1. The first-order valence-electron chi connectivity index (χ1n) is 11.1. The van der Waals surface area contributed by atoms with Gasteiger partial charge >= 0.3 is 5.97 Å². The molecule has 0 saturated heterocycles. The van der Waals surface area contributed by atoms with Crippen LogP contribution in [0, 0.1) is 0 Å². The molecule has 0 saturated carbocycles. The molecule has 0 unspecified atom stereocenters. The Kier molecular flexibility index (Phi) is 24.4. The SMILES string of the molecule is CCCCCCCC/C=C\CCCCCCCC(N)=O.NCC(=O)NCC(=O)O. The lowest BCUT2D eigenvalue weighted by atomic mass is 10.1. The van der Waals surface area contributed by atoms with Gasteiger partial charge in [-0.1, -0.05) is 70.4 Å². The van der Waals surface area contributed by atoms with Crippen LogP contribution < -0.4 is 16.8 Å². The molecule has 0 radical (unpaired) electrons. The molecule has 7 nitrogen and oxygen atoms in total. The quantitative estimate of drug-likeness (QED) is 0.201. The van der Waals surface area contributed by atoms with Crippen molar-refractivity contribution in [3.63, 3.8) is 0 Å². The van der Waals surface area contributed by atoms with E-state index in [9.17, 15) is 14.4 Å². The molecule has 0 fully saturated rings. The molecular weight excluding hydrogens is 370 g/mol. The number of carbonyl (C=O) groups excluding carboxylic acids is 2. The topological polar surface area (TPSA) is 136 Å². The fourth-order valence-electron chi connectivity index (χ4n) is 2.62. The van der Waals surface area contributed by atoms with E-state index in [2.05, 4.69) is 24.4 Å². The lowest BCUT2D eigenvalue weighted by Gasteiger charge is -1.99. The predicted octanol–water partition coefficient (Wildman–Crippen LogP) is 3.66. The van der Waals surface area contributed by atoms with E-state index < -0.39 is 11.9 Å². The van der Waals surface area contributed by atoms with Crippen molar-refractivity contribution in [2.24, 2.45) is 11.5 Å². The van der Waals surface area contributed by atoms with Crippen molar-refractivity contribution in [2.75, 3.05) is 13.1 Å². The highest BCUT2D eigenvalue weighted by Gasteiger charge is 1.98. The van der Waals surface area contributed by atoms with Crippen LogP contribution in [-0.2, 0) is 14.4 Å². The van der Waals surface area contributed by atoms with Crippen LogP contribution in [0.15, 0.2) is 12.2 Å². The third kappa shape index (κ3) is 31.0. The van der Waals surface area contributed by atoms with Crippen molar-refractivity contribution in [1.82, 2.24) is 5.32 Å². The van der Waals surface area contributed by atoms with Gasteiger partial charge in [0.15, 0.2) is 0 Å². The third-order valence-corrected chi connectivity index (χ3v) is 4.31. The minimum atomic E-state index is -1.07. The van der Waals surface area contributed by atoms with E-state index in [0.717, 1.165) is 12.8 Å². The van der Waals surface area contributed by atoms with Gasteiger partial charge in [0.1, 0.15) is 6.54 Å². The number of unbranched alkanes of at least 4 members (excludes halogenated alkanes) is 11. The van der Waals surface area contributed by atoms with Gasteiger partial charge in [0.05, 0.1) is 6.54 Å². The van der Waals surface area contributed by atoms with E-state index in [-0.39, 0.29) is 19.0 Å². The molecule has 170 valence electrons. The number of nitrogens with two attached hydrogens (primary N) is 2. The van der Waals surface area contributed by atoms with Gasteiger partial charge in [-0.05, 0) is 32.1 Å². The number of amides is 2. The number of allylic oxidation sites excluding steroid dienone is 2. The van der Waals surface area contributed by atoms with E-state index in [1.165, 1.54) is 70.6 Å². The number of carbonyl (C=O) groups is 3. The zero-order valence-electron chi connectivity index (χ0n) is 18.3. The number of aliphatic carboxylic acids is 1. The standard InChI is InChI=1S/C18H35NO.C4H8N2O3/c1-2-3-4-5-6-7-8-9-10-11-12-13-14-15-16-17-18(19)20;5-1-3(7)6-2-4(8)9/h9-10H,2-8,11-17H2,1H3,(H2,19,20);1-2,5H2,(H,6,7)(H,8,9)/b10-9-;. The Morgan fingerprint density at radius 3 is 1.76 bits per heavy atom. The van der Waals surface area contributed by atoms with Crippen LogP contribution in [0.25, 0.3) is 0 Å². The molecule has 0 atom stereocenters. The second-order valence-electron chi connectivity index (χ2n) is 7.18. The minimum Gasteiger partial charge on any atom is -0.480 e. The molecule has 0 aromatic rings. The molecule has 0 aromatic heterocycles. The molecule has 0 aliphatic heterocycles. The summed E-state index contributed by atoms with van der Waals surface area (Å²) < 4.78 is 0. The summed E-state index contributed by atoms with van der Waals surface area (Å²) >= 11 is 0. The normalized spacial score (nSPS) is 10.4. The van der Waals surface area contributed by atoms with Crippen LogP contribution in [-0.4, -0.2) is 36.0 Å². The van der Waals surface area contributed by atoms with Crippen molar-refractivity contribution in [2.45, 2.75) is 96.8 Å². The summed E-state index contributed by atoms with van der Waals surface area (Å²) in [6.45, 7) is 1.73. The minimum absolute atomic E-state index is 0.164. The van der Waals surface area contributed by atoms with Gasteiger partial charge in [-0.2, -0.15) is 0 Å². The number of primary amides is 1. The Bertz CT molecular complexity index is 440. The number of hydrogen-bond donors (Lipinski definition) is 4. The van der Waals surface area contributed by atoms with E-state index >= 15 is 0 Å². The van der Waals surface area contributed by atoms with Gasteiger partial charge in [-0.15, -0.1) is 0 Å². The predicted molar refractivity (Wildman–Crippen MR) is 118 cm³/mol. The third-order valence-electron chi connectivity index (χ3n) is 4.31. The van der Waals surface area contributed by atoms with Crippen LogP contribution in [0.2, 0.25) is 0 Å². The molecule has 0 bridgehead atoms. The fourth-order valence-corrected chi connectivity index (χ4v) is 2.62. The van der Waals surface area contributed by atoms with Gasteiger partial charge in [0.2, 0.25) is 11.8 Å². The van der Waals surface area contributed by atoms with Crippen LogP contribution in [0.4, 0.5) is 0 Å². The highest BCUT2D eigenvalue weighted by molar-refractivity contribution is 5.82. The summed E-state index contributed by atoms with van der Waals surface area (Å²) in [7, 11) is 0. The molecule has 0 rings (SSSR count). The number of carboxylic acids is 1. The van der Waals surface area contributed by atoms with Crippen LogP contribution in [0.5, 0.6) is 0 Å². The van der Waals surface area contributed by atoms with Gasteiger partial charge in [0.25, 0.3) is 0 Å². The fraction of sp³-hybridized carbons (Fsp3) is 0.773. The molecule has 7 heteroatoms. The first-order chi connectivity index (χ1) is 13.9. The maximum atomic E-state index is 10.5. The van der Waals surface area contributed by atoms with Gasteiger partial charge in [-0.3, -0.25) is 14.4 Å². The number of carboxylic acid groups (broad SMARTS) is 1. The Labute approximate surface area is 176 Å². The maximum absolute atomic E-state index is 10.5. The number of rotatable bonds is 18. The van der Waals surface area contributed by atoms with Crippen LogP contribution in [0.1, 0.15) is 96.8 Å². The molecule has 0 spiro atoms. The van der Waals surface area contributed by atoms with E-state index in [1.54, 1.807) is 0 Å². The molecular formula is C22H43N3O4. The maximum Gasteiger partial charge on any atom is 0.322 e. The zero-order valence-corrected chi connectivity index (χ0v) is 18.3. The van der Waals surface area contributed by atoms with Crippen LogP contribution >= 0.6 is 0 Å². The Balaban J connectivity index is 0. The number of nitrogens with one attached hydrogen (secondary N) is 1. The second-order valence-corrected chi connectivity index (χ2v) is 7.18. The van der Waals surface area contributed by atoms with Crippen molar-refractivity contribution < 1.29 is 19.5 Å². The van der Waals surface area contributed by atoms with Gasteiger partial charge < -0.3 is 21.9 Å². The van der Waals surface area contributed by atoms with Crippen LogP contribution in [0.3, 0.4) is 0 Å². The lowest BCUT2D eigenvalue weighted by Crippen LogP contribution is -2.34. The largest absolute Gasteiger partial charge is 0.480 e. The smallest absolute Gasteiger partial charge is 0.322 e. The first-order valence-corrected chi connectivity index (χ1v) is 11.1. The van der Waals surface area contributed by atoms with Gasteiger partial charge in [-0.25, -0.2) is 0 Å². The summed E-state index contributed by atoms with van der Waals surface area (Å²) in [5, 5.41) is 10.1. The zero-order chi connectivity index (χ0) is 22.2. The lowest BCUT2D eigenvalue weighted by molar-refractivity contribution is -0.137. The average molecular weight is 414 g/mol. The average Bonchev–Trinajstić information content (AvgIpc) is 2.69. The molecule has 0 aliphatic carbocycles. The Morgan fingerprint density at radius 2 is 1.31 bits per heavy atom. The van der Waals surface area contributed by atoms with Gasteiger partial charge in [0, 0.05) is 6.42 Å². The monoisotopic (exact) mass is 413 g/mol. The molecule has 0 aromatic carbocycles. The molecule has 29 heavy (non-hydrogen) atoms. The molecule has 2 amide bonds. The van der Waals surface area contributed by atoms with E-state index in [4.69, 9.17) is 16.6 Å². The van der Waals surface area contributed by atoms with E-state index in [0.29, 0.717) is 6.42 Å². The molecule has 0 heterocycles. The highest BCUT2D eigenvalue weighted by Crippen LogP contribution is 2.09. The molecule has 6 N–H and O–H groups in total. The summed E-state index contributed by atoms with van der Waals surface area (Å²) in [5.74, 6) is -1.70. The Hall–Kier alpha value is -1.89. The van der Waals surface area contributed by atoms with E-state index in [1.807, 2.05) is 0 Å². The summed E-state index contributed by atoms with van der Waals surface area (Å²) in [5.41, 5.74) is 9.95. The van der Waals surface area contributed by atoms with Crippen molar-refractivity contribution >= 4 is 17.8 Å². The highest BCUT2D eigenvalue weighted by atomic mass is 16.4. The van der Waals surface area contributed by atoms with Crippen molar-refractivity contribution in [3.8, 4) is 0 Å².